The first-order valence-electron chi connectivity index (χ1n) is 6.75. The lowest BCUT2D eigenvalue weighted by molar-refractivity contribution is 0.0125. The van der Waals surface area contributed by atoms with E-state index in [4.69, 9.17) is 0 Å². The summed E-state index contributed by atoms with van der Waals surface area (Å²) in [6, 6.07) is 0.470. The molecule has 3 N–H and O–H groups in total. The van der Waals surface area contributed by atoms with E-state index in [0.29, 0.717) is 19.0 Å². The van der Waals surface area contributed by atoms with Crippen molar-refractivity contribution >= 4 is 0 Å². The van der Waals surface area contributed by atoms with Crippen LogP contribution in [0, 0.1) is 0 Å². The van der Waals surface area contributed by atoms with Gasteiger partial charge in [0.25, 0.3) is 0 Å². The number of hydrogen-bond donors (Lipinski definition) is 3. The molecule has 16 heavy (non-hydrogen) atoms. The minimum atomic E-state index is -0.627. The van der Waals surface area contributed by atoms with Gasteiger partial charge >= 0.3 is 0 Å². The highest BCUT2D eigenvalue weighted by molar-refractivity contribution is 4.73. The quantitative estimate of drug-likeness (QED) is 0.539. The topological polar surface area (TPSA) is 52.5 Å². The van der Waals surface area contributed by atoms with Gasteiger partial charge in [-0.05, 0) is 19.3 Å². The third kappa shape index (κ3) is 7.20. The lowest BCUT2D eigenvalue weighted by atomic mass is 10.1. The Morgan fingerprint density at radius 2 is 1.62 bits per heavy atom. The fraction of sp³-hybridized carbons (Fsp3) is 1.00. The molecule has 0 rings (SSSR count). The smallest absolute Gasteiger partial charge is 0.0923 e. The zero-order valence-corrected chi connectivity index (χ0v) is 11.1. The van der Waals surface area contributed by atoms with Crippen LogP contribution in [0.3, 0.4) is 0 Å². The number of aliphatic hydroxyl groups is 2. The Kier molecular flexibility index (Phi) is 9.99. The van der Waals surface area contributed by atoms with E-state index in [9.17, 15) is 10.2 Å². The molecule has 0 saturated carbocycles. The average molecular weight is 231 g/mol. The second-order valence-corrected chi connectivity index (χ2v) is 4.58. The highest BCUT2D eigenvalue weighted by atomic mass is 16.3. The second-order valence-electron chi connectivity index (χ2n) is 4.58. The van der Waals surface area contributed by atoms with Crippen molar-refractivity contribution in [3.63, 3.8) is 0 Å². The van der Waals surface area contributed by atoms with Crippen molar-refractivity contribution in [1.82, 2.24) is 5.32 Å². The number of aliphatic hydroxyl groups excluding tert-OH is 2. The van der Waals surface area contributed by atoms with Gasteiger partial charge < -0.3 is 15.5 Å². The maximum atomic E-state index is 9.74. The summed E-state index contributed by atoms with van der Waals surface area (Å²) < 4.78 is 0. The molecule has 0 spiro atoms. The lowest BCUT2D eigenvalue weighted by Gasteiger charge is -2.22. The normalized spacial score (nSPS) is 17.1. The molecule has 0 aromatic rings. The van der Waals surface area contributed by atoms with Gasteiger partial charge in [-0.25, -0.2) is 0 Å². The van der Waals surface area contributed by atoms with E-state index in [-0.39, 0.29) is 0 Å². The van der Waals surface area contributed by atoms with Crippen LogP contribution < -0.4 is 5.32 Å². The van der Waals surface area contributed by atoms with Gasteiger partial charge in [0.15, 0.2) is 0 Å². The fourth-order valence-corrected chi connectivity index (χ4v) is 1.83. The number of nitrogens with one attached hydrogen (secondary N) is 1. The van der Waals surface area contributed by atoms with Gasteiger partial charge in [0.05, 0.1) is 12.2 Å². The molecule has 3 nitrogen and oxygen atoms in total. The van der Waals surface area contributed by atoms with Crippen molar-refractivity contribution in [3.8, 4) is 0 Å². The van der Waals surface area contributed by atoms with Gasteiger partial charge in [-0.1, -0.05) is 40.0 Å². The molecule has 0 fully saturated rings. The standard InChI is InChI=1S/C13H29NO2/c1-4-7-9-12(15)13(16)10-14-11(6-3)8-5-2/h11-16H,4-10H2,1-3H3. The van der Waals surface area contributed by atoms with E-state index in [1.807, 2.05) is 0 Å². The molecule has 0 aliphatic heterocycles. The van der Waals surface area contributed by atoms with Crippen molar-refractivity contribution in [2.24, 2.45) is 0 Å². The maximum Gasteiger partial charge on any atom is 0.0923 e. The van der Waals surface area contributed by atoms with E-state index in [2.05, 4.69) is 26.1 Å². The average Bonchev–Trinajstić information content (AvgIpc) is 2.30. The Bertz CT molecular complexity index is 153. The fourth-order valence-electron chi connectivity index (χ4n) is 1.83. The highest BCUT2D eigenvalue weighted by Gasteiger charge is 2.16. The predicted octanol–water partition coefficient (Wildman–Crippen LogP) is 2.07. The van der Waals surface area contributed by atoms with Crippen LogP contribution in [0.25, 0.3) is 0 Å². The minimum Gasteiger partial charge on any atom is -0.390 e. The number of hydrogen-bond acceptors (Lipinski definition) is 3. The van der Waals surface area contributed by atoms with Crippen LogP contribution >= 0.6 is 0 Å². The molecule has 0 saturated heterocycles. The molecule has 0 heterocycles. The Labute approximate surface area is 100 Å². The van der Waals surface area contributed by atoms with Gasteiger partial charge in [-0.15, -0.1) is 0 Å². The van der Waals surface area contributed by atoms with Gasteiger partial charge in [0.2, 0.25) is 0 Å². The molecule has 0 aromatic heterocycles. The SMILES string of the molecule is CCCCC(O)C(O)CNC(CC)CCC. The molecule has 0 aromatic carbocycles. The van der Waals surface area contributed by atoms with Crippen LogP contribution in [0.4, 0.5) is 0 Å². The van der Waals surface area contributed by atoms with Crippen LogP contribution in [-0.2, 0) is 0 Å². The van der Waals surface area contributed by atoms with Crippen LogP contribution in [0.15, 0.2) is 0 Å². The maximum absolute atomic E-state index is 9.74. The van der Waals surface area contributed by atoms with Crippen molar-refractivity contribution < 1.29 is 10.2 Å². The van der Waals surface area contributed by atoms with Crippen LogP contribution in [0.5, 0.6) is 0 Å². The molecule has 0 radical (unpaired) electrons. The Morgan fingerprint density at radius 3 is 2.12 bits per heavy atom. The molecular formula is C13H29NO2. The van der Waals surface area contributed by atoms with E-state index in [0.717, 1.165) is 32.1 Å². The van der Waals surface area contributed by atoms with Crippen LogP contribution in [0.1, 0.15) is 59.3 Å². The first-order chi connectivity index (χ1) is 7.65. The molecule has 0 aliphatic rings. The first kappa shape index (κ1) is 15.9. The van der Waals surface area contributed by atoms with E-state index >= 15 is 0 Å². The molecule has 0 bridgehead atoms. The zero-order chi connectivity index (χ0) is 12.4. The van der Waals surface area contributed by atoms with Crippen molar-refractivity contribution in [1.29, 1.82) is 0 Å². The molecular weight excluding hydrogens is 202 g/mol. The summed E-state index contributed by atoms with van der Waals surface area (Å²) in [5.41, 5.74) is 0. The summed E-state index contributed by atoms with van der Waals surface area (Å²) in [4.78, 5) is 0. The summed E-state index contributed by atoms with van der Waals surface area (Å²) in [5, 5.41) is 22.7. The Balaban J connectivity index is 3.71. The second kappa shape index (κ2) is 10.1. The third-order valence-corrected chi connectivity index (χ3v) is 3.04. The van der Waals surface area contributed by atoms with Crippen molar-refractivity contribution in [2.45, 2.75) is 77.5 Å². The predicted molar refractivity (Wildman–Crippen MR) is 68.5 cm³/mol. The summed E-state index contributed by atoms with van der Waals surface area (Å²) in [6.45, 7) is 6.90. The molecule has 3 heteroatoms. The summed E-state index contributed by atoms with van der Waals surface area (Å²) in [7, 11) is 0. The van der Waals surface area contributed by atoms with Crippen molar-refractivity contribution in [2.75, 3.05) is 6.54 Å². The van der Waals surface area contributed by atoms with Gasteiger partial charge in [0.1, 0.15) is 0 Å². The highest BCUT2D eigenvalue weighted by Crippen LogP contribution is 2.06. The summed E-state index contributed by atoms with van der Waals surface area (Å²) in [6.07, 6.45) is 4.89. The Morgan fingerprint density at radius 1 is 0.938 bits per heavy atom. The number of rotatable bonds is 10. The first-order valence-corrected chi connectivity index (χ1v) is 6.75. The third-order valence-electron chi connectivity index (χ3n) is 3.04. The van der Waals surface area contributed by atoms with Gasteiger partial charge in [-0.2, -0.15) is 0 Å². The minimum absolute atomic E-state index is 0.470. The van der Waals surface area contributed by atoms with Gasteiger partial charge in [-0.3, -0.25) is 0 Å². The molecule has 3 unspecified atom stereocenters. The summed E-state index contributed by atoms with van der Waals surface area (Å²) >= 11 is 0. The molecule has 98 valence electrons. The zero-order valence-electron chi connectivity index (χ0n) is 11.1. The van der Waals surface area contributed by atoms with E-state index in [1.165, 1.54) is 0 Å². The monoisotopic (exact) mass is 231 g/mol. The number of unbranched alkanes of at least 4 members (excludes halogenated alkanes) is 1. The Hall–Kier alpha value is -0.120. The van der Waals surface area contributed by atoms with Crippen LogP contribution in [0.2, 0.25) is 0 Å². The molecule has 0 aliphatic carbocycles. The van der Waals surface area contributed by atoms with Crippen molar-refractivity contribution in [3.05, 3.63) is 0 Å². The molecule has 3 atom stereocenters. The van der Waals surface area contributed by atoms with E-state index < -0.39 is 12.2 Å². The van der Waals surface area contributed by atoms with E-state index in [1.54, 1.807) is 0 Å². The molecule has 0 amide bonds. The van der Waals surface area contributed by atoms with Gasteiger partial charge in [0, 0.05) is 12.6 Å². The summed E-state index contributed by atoms with van der Waals surface area (Å²) in [5.74, 6) is 0. The lowest BCUT2D eigenvalue weighted by Crippen LogP contribution is -2.40. The van der Waals surface area contributed by atoms with Crippen LogP contribution in [-0.4, -0.2) is 35.0 Å². The largest absolute Gasteiger partial charge is 0.390 e.